The van der Waals surface area contributed by atoms with Gasteiger partial charge in [-0.05, 0) is 48.1 Å². The van der Waals surface area contributed by atoms with Gasteiger partial charge in [-0.25, -0.2) is 4.98 Å². The van der Waals surface area contributed by atoms with Crippen molar-refractivity contribution in [3.05, 3.63) is 63.5 Å². The summed E-state index contributed by atoms with van der Waals surface area (Å²) in [5, 5.41) is 11.7. The predicted octanol–water partition coefficient (Wildman–Crippen LogP) is 3.22. The molecule has 0 radical (unpaired) electrons. The summed E-state index contributed by atoms with van der Waals surface area (Å²) in [7, 11) is 0. The highest BCUT2D eigenvalue weighted by Crippen LogP contribution is 2.31. The van der Waals surface area contributed by atoms with Crippen LogP contribution in [0.5, 0.6) is 0 Å². The van der Waals surface area contributed by atoms with E-state index in [0.29, 0.717) is 11.6 Å². The molecule has 146 valence electrons. The number of piperazine rings is 1. The van der Waals surface area contributed by atoms with Gasteiger partial charge in [0.15, 0.2) is 0 Å². The lowest BCUT2D eigenvalue weighted by atomic mass is 10.1. The van der Waals surface area contributed by atoms with Gasteiger partial charge in [0.25, 0.3) is 5.56 Å². The Balaban J connectivity index is 1.27. The van der Waals surface area contributed by atoms with E-state index in [2.05, 4.69) is 38.0 Å². The molecule has 29 heavy (non-hydrogen) atoms. The van der Waals surface area contributed by atoms with Gasteiger partial charge >= 0.3 is 0 Å². The van der Waals surface area contributed by atoms with Crippen LogP contribution in [-0.2, 0) is 0 Å². The van der Waals surface area contributed by atoms with Crippen LogP contribution < -0.4 is 10.5 Å². The van der Waals surface area contributed by atoms with Crippen LogP contribution in [0.3, 0.4) is 0 Å². The molecule has 1 N–H and O–H groups in total. The van der Waals surface area contributed by atoms with Crippen LogP contribution in [0, 0.1) is 11.3 Å². The zero-order valence-corrected chi connectivity index (χ0v) is 16.8. The molecule has 0 amide bonds. The van der Waals surface area contributed by atoms with Gasteiger partial charge in [-0.2, -0.15) is 5.26 Å². The number of nitriles is 1. The second-order valence-electron chi connectivity index (χ2n) is 7.55. The minimum Gasteiger partial charge on any atom is -0.354 e. The number of thiophene rings is 1. The first-order valence-electron chi connectivity index (χ1n) is 9.88. The highest BCUT2D eigenvalue weighted by Gasteiger charge is 2.27. The summed E-state index contributed by atoms with van der Waals surface area (Å²) in [6, 6.07) is 10.3. The second kappa shape index (κ2) is 7.47. The first-order chi connectivity index (χ1) is 14.2. The number of nitrogens with zero attached hydrogens (tertiary/aromatic N) is 4. The molecule has 0 bridgehead atoms. The fourth-order valence-corrected chi connectivity index (χ4v) is 5.11. The number of hydrogen-bond donors (Lipinski definition) is 1. The lowest BCUT2D eigenvalue weighted by Crippen LogP contribution is -2.49. The zero-order chi connectivity index (χ0) is 19.8. The molecule has 1 aliphatic carbocycles. The first kappa shape index (κ1) is 18.1. The van der Waals surface area contributed by atoms with Gasteiger partial charge in [0.05, 0.1) is 10.9 Å². The monoisotopic (exact) mass is 403 g/mol. The van der Waals surface area contributed by atoms with Crippen molar-refractivity contribution in [2.24, 2.45) is 0 Å². The molecular weight excluding hydrogens is 382 g/mol. The molecule has 6 nitrogen and oxygen atoms in total. The molecule has 0 spiro atoms. The van der Waals surface area contributed by atoms with Gasteiger partial charge in [0.1, 0.15) is 11.9 Å². The van der Waals surface area contributed by atoms with Crippen molar-refractivity contribution < 1.29 is 0 Å². The Morgan fingerprint density at radius 2 is 2.07 bits per heavy atom. The number of rotatable bonds is 3. The summed E-state index contributed by atoms with van der Waals surface area (Å²) >= 11 is 1.62. The number of hydrogen-bond acceptors (Lipinski definition) is 6. The van der Waals surface area contributed by atoms with Crippen molar-refractivity contribution in [1.82, 2.24) is 14.9 Å². The summed E-state index contributed by atoms with van der Waals surface area (Å²) in [5.74, 6) is 0.938. The lowest BCUT2D eigenvalue weighted by molar-refractivity contribution is 0.214. The standard InChI is InChI=1S/C22H21N5OS/c23-13-15-1-4-21(24-14-15)27-8-6-26(7-9-27)17-3-2-16(11-17)19-12-20-18(5-10-29-20)22(28)25-19/h1,4-5,10-12,14,17H,2-3,6-9H2,(H,25,28)/t17-/m1/s1. The summed E-state index contributed by atoms with van der Waals surface area (Å²) in [6.07, 6.45) is 6.06. The fraction of sp³-hybridized carbons (Fsp3) is 0.318. The van der Waals surface area contributed by atoms with E-state index < -0.39 is 0 Å². The molecule has 1 aliphatic heterocycles. The maximum absolute atomic E-state index is 12.3. The van der Waals surface area contributed by atoms with E-state index in [1.807, 2.05) is 23.6 Å². The fourth-order valence-electron chi connectivity index (χ4n) is 4.29. The van der Waals surface area contributed by atoms with E-state index in [4.69, 9.17) is 5.26 Å². The smallest absolute Gasteiger partial charge is 0.257 e. The van der Waals surface area contributed by atoms with E-state index in [1.54, 1.807) is 17.5 Å². The van der Waals surface area contributed by atoms with Gasteiger partial charge in [-0.3, -0.25) is 9.69 Å². The molecule has 0 unspecified atom stereocenters. The Morgan fingerprint density at radius 1 is 1.21 bits per heavy atom. The lowest BCUT2D eigenvalue weighted by Gasteiger charge is -2.38. The average molecular weight is 404 g/mol. The number of pyridine rings is 2. The molecule has 7 heteroatoms. The molecule has 0 aromatic carbocycles. The number of allylic oxidation sites excluding steroid dienone is 1. The van der Waals surface area contributed by atoms with Crippen LogP contribution in [0.25, 0.3) is 15.7 Å². The quantitative estimate of drug-likeness (QED) is 0.727. The first-order valence-corrected chi connectivity index (χ1v) is 10.8. The molecule has 2 aliphatic rings. The molecule has 3 aromatic heterocycles. The van der Waals surface area contributed by atoms with Gasteiger partial charge in [-0.15, -0.1) is 11.3 Å². The van der Waals surface area contributed by atoms with Gasteiger partial charge in [0.2, 0.25) is 0 Å². The van der Waals surface area contributed by atoms with Crippen LogP contribution in [0.1, 0.15) is 24.1 Å². The third-order valence-corrected chi connectivity index (χ3v) is 6.76. The third-order valence-electron chi connectivity index (χ3n) is 5.90. The zero-order valence-electron chi connectivity index (χ0n) is 16.0. The number of aromatic amines is 1. The van der Waals surface area contributed by atoms with Crippen LogP contribution >= 0.6 is 11.3 Å². The summed E-state index contributed by atoms with van der Waals surface area (Å²) in [6.45, 7) is 3.82. The van der Waals surface area contributed by atoms with E-state index >= 15 is 0 Å². The minimum absolute atomic E-state index is 0.00614. The Kier molecular flexibility index (Phi) is 4.66. The molecule has 1 fully saturated rings. The van der Waals surface area contributed by atoms with Gasteiger partial charge < -0.3 is 9.88 Å². The van der Waals surface area contributed by atoms with Crippen LogP contribution in [0.15, 0.2) is 46.7 Å². The maximum atomic E-state index is 12.3. The van der Waals surface area contributed by atoms with E-state index in [-0.39, 0.29) is 5.56 Å². The topological polar surface area (TPSA) is 76.0 Å². The third kappa shape index (κ3) is 3.46. The molecule has 3 aromatic rings. The predicted molar refractivity (Wildman–Crippen MR) is 116 cm³/mol. The Bertz CT molecular complexity index is 1160. The number of H-pyrrole nitrogens is 1. The Hall–Kier alpha value is -2.95. The molecule has 4 heterocycles. The normalized spacial score (nSPS) is 20.0. The van der Waals surface area contributed by atoms with Crippen LogP contribution in [0.4, 0.5) is 5.82 Å². The summed E-state index contributed by atoms with van der Waals surface area (Å²) < 4.78 is 1.05. The molecule has 5 rings (SSSR count). The minimum atomic E-state index is 0.00614. The van der Waals surface area contributed by atoms with Crippen LogP contribution in [0.2, 0.25) is 0 Å². The molecule has 1 atom stereocenters. The highest BCUT2D eigenvalue weighted by molar-refractivity contribution is 7.17. The maximum Gasteiger partial charge on any atom is 0.257 e. The number of anilines is 1. The van der Waals surface area contributed by atoms with Crippen molar-refractivity contribution in [3.8, 4) is 6.07 Å². The highest BCUT2D eigenvalue weighted by atomic mass is 32.1. The van der Waals surface area contributed by atoms with E-state index in [0.717, 1.165) is 60.6 Å². The molecule has 1 saturated heterocycles. The van der Waals surface area contributed by atoms with E-state index in [1.165, 1.54) is 5.57 Å². The van der Waals surface area contributed by atoms with Gasteiger partial charge in [0, 0.05) is 48.8 Å². The molecule has 0 saturated carbocycles. The van der Waals surface area contributed by atoms with Crippen molar-refractivity contribution in [2.75, 3.05) is 31.1 Å². The SMILES string of the molecule is N#Cc1ccc(N2CCN([C@H]3C=C(c4cc5sccc5c(=O)[nH]4)CC3)CC2)nc1. The number of aromatic nitrogens is 2. The average Bonchev–Trinajstić information content (AvgIpc) is 3.44. The number of nitrogens with one attached hydrogen (secondary N) is 1. The van der Waals surface area contributed by atoms with E-state index in [9.17, 15) is 4.79 Å². The van der Waals surface area contributed by atoms with Crippen LogP contribution in [-0.4, -0.2) is 47.1 Å². The van der Waals surface area contributed by atoms with Crippen molar-refractivity contribution in [1.29, 1.82) is 5.26 Å². The second-order valence-corrected chi connectivity index (χ2v) is 8.50. The largest absolute Gasteiger partial charge is 0.354 e. The van der Waals surface area contributed by atoms with Crippen molar-refractivity contribution in [2.45, 2.75) is 18.9 Å². The number of fused-ring (bicyclic) bond motifs is 1. The Labute approximate surface area is 172 Å². The van der Waals surface area contributed by atoms with Crippen molar-refractivity contribution >= 4 is 32.8 Å². The summed E-state index contributed by atoms with van der Waals surface area (Å²) in [4.78, 5) is 24.6. The summed E-state index contributed by atoms with van der Waals surface area (Å²) in [5.41, 5.74) is 2.81. The molecular formula is C22H21N5OS. The van der Waals surface area contributed by atoms with Crippen molar-refractivity contribution in [3.63, 3.8) is 0 Å². The Morgan fingerprint density at radius 3 is 2.83 bits per heavy atom. The van der Waals surface area contributed by atoms with Gasteiger partial charge in [-0.1, -0.05) is 6.08 Å².